The summed E-state index contributed by atoms with van der Waals surface area (Å²) in [6, 6.07) is 1.44. The molecule has 0 heterocycles. The van der Waals surface area contributed by atoms with Crippen LogP contribution in [0.3, 0.4) is 0 Å². The zero-order chi connectivity index (χ0) is 11.3. The Bertz CT molecular complexity index is 382. The third-order valence-electron chi connectivity index (χ3n) is 1.31. The molecule has 0 aromatic heterocycles. The molecule has 1 aromatic rings. The number of hydrogen-bond donors (Lipinski definition) is 0. The number of rotatable bonds is 1. The van der Waals surface area contributed by atoms with Gasteiger partial charge in [-0.2, -0.15) is 0 Å². The monoisotopic (exact) mass is 348 g/mol. The molecule has 0 aliphatic rings. The van der Waals surface area contributed by atoms with Gasteiger partial charge in [-0.15, -0.1) is 0 Å². The fraction of sp³-hybridized carbons (Fsp3) is 0. The molecule has 8 heteroatoms. The van der Waals surface area contributed by atoms with E-state index in [1.54, 1.807) is 0 Å². The molecule has 1 aromatic carbocycles. The van der Waals surface area contributed by atoms with E-state index in [1.807, 2.05) is 0 Å². The molecule has 0 fully saturated rings. The fourth-order valence-electron chi connectivity index (χ4n) is 0.773. The lowest BCUT2D eigenvalue weighted by Crippen LogP contribution is -2.08. The molecule has 0 aliphatic carbocycles. The Balaban J connectivity index is 3.57. The molecular formula is C6H3F6IS. The molecular weight excluding hydrogens is 345 g/mol. The Labute approximate surface area is 89.2 Å². The molecule has 82 valence electrons. The standard InChI is InChI=1S/C6H3F6IS/c7-5-2-1-4(13)3-6(5)14(8,9,10,11)12/h1-3H. The van der Waals surface area contributed by atoms with Crippen LogP contribution in [-0.4, -0.2) is 0 Å². The van der Waals surface area contributed by atoms with Gasteiger partial charge in [0, 0.05) is 3.57 Å². The third-order valence-corrected chi connectivity index (χ3v) is 3.12. The van der Waals surface area contributed by atoms with Crippen molar-refractivity contribution in [3.63, 3.8) is 0 Å². The first-order valence-corrected chi connectivity index (χ1v) is 6.12. The van der Waals surface area contributed by atoms with Crippen molar-refractivity contribution in [1.29, 1.82) is 0 Å². The quantitative estimate of drug-likeness (QED) is 0.490. The van der Waals surface area contributed by atoms with E-state index < -0.39 is 20.9 Å². The highest BCUT2D eigenvalue weighted by Gasteiger charge is 2.67. The highest BCUT2D eigenvalue weighted by molar-refractivity contribution is 14.1. The maximum Gasteiger partial charge on any atom is 0.313 e. The van der Waals surface area contributed by atoms with Gasteiger partial charge in [-0.25, -0.2) is 4.39 Å². The lowest BCUT2D eigenvalue weighted by Gasteiger charge is -2.40. The van der Waals surface area contributed by atoms with Crippen molar-refractivity contribution in [3.8, 4) is 0 Å². The van der Waals surface area contributed by atoms with Crippen molar-refractivity contribution < 1.29 is 23.8 Å². The van der Waals surface area contributed by atoms with Crippen LogP contribution in [0.1, 0.15) is 0 Å². The molecule has 0 nitrogen and oxygen atoms in total. The SMILES string of the molecule is Fc1ccc(I)cc1S(F)(F)(F)(F)F. The summed E-state index contributed by atoms with van der Waals surface area (Å²) in [6.45, 7) is 0. The summed E-state index contributed by atoms with van der Waals surface area (Å²) in [4.78, 5) is -2.46. The van der Waals surface area contributed by atoms with Crippen molar-refractivity contribution in [2.75, 3.05) is 0 Å². The van der Waals surface area contributed by atoms with Gasteiger partial charge in [0.1, 0.15) is 10.7 Å². The number of hydrogen-bond acceptors (Lipinski definition) is 0. The third kappa shape index (κ3) is 2.69. The minimum absolute atomic E-state index is 0.0947. The Morgan fingerprint density at radius 1 is 1.00 bits per heavy atom. The summed E-state index contributed by atoms with van der Waals surface area (Å²) < 4.78 is 73.2. The molecule has 0 unspecified atom stereocenters. The van der Waals surface area contributed by atoms with E-state index >= 15 is 0 Å². The Morgan fingerprint density at radius 2 is 1.50 bits per heavy atom. The average Bonchev–Trinajstić information content (AvgIpc) is 1.89. The summed E-state index contributed by atoms with van der Waals surface area (Å²) in [5, 5.41) is 0. The van der Waals surface area contributed by atoms with Gasteiger partial charge in [-0.1, -0.05) is 19.4 Å². The number of benzene rings is 1. The van der Waals surface area contributed by atoms with Crippen LogP contribution in [0.15, 0.2) is 23.1 Å². The van der Waals surface area contributed by atoms with E-state index in [-0.39, 0.29) is 9.64 Å². The van der Waals surface area contributed by atoms with Gasteiger partial charge in [0.05, 0.1) is 0 Å². The minimum Gasteiger partial charge on any atom is -0.205 e. The number of halogens is 7. The van der Waals surface area contributed by atoms with Crippen molar-refractivity contribution >= 4 is 32.8 Å². The van der Waals surface area contributed by atoms with Crippen molar-refractivity contribution in [2.24, 2.45) is 0 Å². The summed E-state index contributed by atoms with van der Waals surface area (Å²) in [5.74, 6) is -1.95. The van der Waals surface area contributed by atoms with Crippen molar-refractivity contribution in [2.45, 2.75) is 4.90 Å². The summed E-state index contributed by atoms with van der Waals surface area (Å²) in [6.07, 6.45) is 0. The lowest BCUT2D eigenvalue weighted by atomic mass is 10.3. The Kier molecular flexibility index (Phi) is 2.15. The second-order valence-corrected chi connectivity index (χ2v) is 6.17. The van der Waals surface area contributed by atoms with Gasteiger partial charge in [-0.3, -0.25) is 0 Å². The molecule has 0 aliphatic heterocycles. The summed E-state index contributed by atoms with van der Waals surface area (Å²) in [7, 11) is -9.89. The van der Waals surface area contributed by atoms with Gasteiger partial charge in [-0.05, 0) is 40.8 Å². The zero-order valence-corrected chi connectivity index (χ0v) is 9.26. The average molecular weight is 348 g/mol. The molecule has 1 rings (SSSR count). The van der Waals surface area contributed by atoms with E-state index in [4.69, 9.17) is 0 Å². The Hall–Kier alpha value is -0.120. The van der Waals surface area contributed by atoms with Crippen LogP contribution in [-0.2, 0) is 0 Å². The summed E-state index contributed by atoms with van der Waals surface area (Å²) >= 11 is 1.39. The van der Waals surface area contributed by atoms with Gasteiger partial charge in [0.15, 0.2) is 0 Å². The van der Waals surface area contributed by atoms with Crippen LogP contribution in [0, 0.1) is 9.39 Å². The molecule has 0 bridgehead atoms. The van der Waals surface area contributed by atoms with Crippen LogP contribution < -0.4 is 0 Å². The van der Waals surface area contributed by atoms with Gasteiger partial charge < -0.3 is 0 Å². The zero-order valence-electron chi connectivity index (χ0n) is 6.29. The van der Waals surface area contributed by atoms with E-state index in [1.165, 1.54) is 22.6 Å². The molecule has 0 amide bonds. The largest absolute Gasteiger partial charge is 0.313 e. The highest BCUT2D eigenvalue weighted by atomic mass is 127. The molecule has 0 N–H and O–H groups in total. The predicted molar refractivity (Wildman–Crippen MR) is 50.5 cm³/mol. The van der Waals surface area contributed by atoms with Crippen LogP contribution in [0.4, 0.5) is 23.8 Å². The molecule has 0 saturated carbocycles. The molecule has 0 saturated heterocycles. The van der Waals surface area contributed by atoms with Gasteiger partial charge in [0.2, 0.25) is 0 Å². The first-order chi connectivity index (χ1) is 5.90. The van der Waals surface area contributed by atoms with Crippen LogP contribution in [0.25, 0.3) is 0 Å². The fourth-order valence-corrected chi connectivity index (χ4v) is 2.26. The molecule has 0 radical (unpaired) electrons. The first kappa shape index (κ1) is 12.0. The van der Waals surface area contributed by atoms with E-state index in [9.17, 15) is 23.8 Å². The first-order valence-electron chi connectivity index (χ1n) is 3.09. The van der Waals surface area contributed by atoms with Crippen LogP contribution >= 0.6 is 32.8 Å². The van der Waals surface area contributed by atoms with Crippen molar-refractivity contribution in [1.82, 2.24) is 0 Å². The van der Waals surface area contributed by atoms with Gasteiger partial charge >= 0.3 is 10.2 Å². The smallest absolute Gasteiger partial charge is 0.205 e. The Morgan fingerprint density at radius 3 is 1.86 bits per heavy atom. The maximum absolute atomic E-state index is 12.6. The van der Waals surface area contributed by atoms with E-state index in [0.717, 1.165) is 6.07 Å². The maximum atomic E-state index is 12.6. The molecule has 0 spiro atoms. The lowest BCUT2D eigenvalue weighted by molar-refractivity contribution is 0.355. The second kappa shape index (κ2) is 2.52. The topological polar surface area (TPSA) is 0 Å². The predicted octanol–water partition coefficient (Wildman–Crippen LogP) is 5.09. The van der Waals surface area contributed by atoms with Crippen molar-refractivity contribution in [3.05, 3.63) is 27.6 Å². The second-order valence-electron chi connectivity index (χ2n) is 2.54. The van der Waals surface area contributed by atoms with E-state index in [2.05, 4.69) is 0 Å². The van der Waals surface area contributed by atoms with Crippen LogP contribution in [0.5, 0.6) is 0 Å². The highest BCUT2D eigenvalue weighted by Crippen LogP contribution is 3.02. The van der Waals surface area contributed by atoms with E-state index in [0.29, 0.717) is 6.07 Å². The molecule has 14 heavy (non-hydrogen) atoms. The molecule has 0 atom stereocenters. The minimum atomic E-state index is -9.89. The van der Waals surface area contributed by atoms with Gasteiger partial charge in [0.25, 0.3) is 0 Å². The normalized spacial score (nSPS) is 17.4. The summed E-state index contributed by atoms with van der Waals surface area (Å²) in [5.41, 5.74) is 0. The van der Waals surface area contributed by atoms with Crippen LogP contribution in [0.2, 0.25) is 0 Å².